The second kappa shape index (κ2) is 7.67. The standard InChI is InChI=1S/C14H16N4O2.HI/c1-9-2-4-10(5-3-9)18-14(16)17-8-11-6-7-12(20-11)13(15)19;/h2-7H,8H2,1H3,(H2,15,19)(H3,16,17,18);1H. The van der Waals surface area contributed by atoms with Crippen molar-refractivity contribution in [3.8, 4) is 0 Å². The summed E-state index contributed by atoms with van der Waals surface area (Å²) in [6.07, 6.45) is 0. The van der Waals surface area contributed by atoms with Crippen molar-refractivity contribution in [2.45, 2.75) is 13.5 Å². The summed E-state index contributed by atoms with van der Waals surface area (Å²) in [6.45, 7) is 2.24. The Kier molecular flexibility index (Phi) is 6.22. The number of hydrogen-bond donors (Lipinski definition) is 3. The molecular formula is C14H17IN4O2. The van der Waals surface area contributed by atoms with E-state index in [9.17, 15) is 4.79 Å². The summed E-state index contributed by atoms with van der Waals surface area (Å²) in [5, 5.41) is 2.96. The lowest BCUT2D eigenvalue weighted by molar-refractivity contribution is 0.0972. The van der Waals surface area contributed by atoms with Gasteiger partial charge in [0.1, 0.15) is 12.3 Å². The number of primary amides is 1. The first-order chi connectivity index (χ1) is 9.54. The number of halogens is 1. The van der Waals surface area contributed by atoms with Gasteiger partial charge in [-0.3, -0.25) is 4.79 Å². The SMILES string of the molecule is Cc1ccc(NC(N)=NCc2ccc(C(N)=O)o2)cc1.I. The highest BCUT2D eigenvalue weighted by atomic mass is 127. The molecule has 0 spiro atoms. The summed E-state index contributed by atoms with van der Waals surface area (Å²) in [4.78, 5) is 15.0. The van der Waals surface area contributed by atoms with Gasteiger partial charge in [0.25, 0.3) is 5.91 Å². The molecule has 2 aromatic rings. The molecule has 0 saturated heterocycles. The van der Waals surface area contributed by atoms with Crippen LogP contribution in [0.3, 0.4) is 0 Å². The number of nitrogens with one attached hydrogen (secondary N) is 1. The highest BCUT2D eigenvalue weighted by Gasteiger charge is 2.06. The van der Waals surface area contributed by atoms with Gasteiger partial charge in [0.2, 0.25) is 0 Å². The van der Waals surface area contributed by atoms with E-state index in [0.29, 0.717) is 5.76 Å². The van der Waals surface area contributed by atoms with Crippen LogP contribution in [0.15, 0.2) is 45.8 Å². The van der Waals surface area contributed by atoms with E-state index in [0.717, 1.165) is 5.69 Å². The fourth-order valence-electron chi connectivity index (χ4n) is 1.58. The zero-order valence-electron chi connectivity index (χ0n) is 11.5. The van der Waals surface area contributed by atoms with Crippen molar-refractivity contribution in [2.24, 2.45) is 16.5 Å². The van der Waals surface area contributed by atoms with Crippen molar-refractivity contribution in [1.82, 2.24) is 0 Å². The molecule has 1 aromatic carbocycles. The van der Waals surface area contributed by atoms with E-state index in [4.69, 9.17) is 15.9 Å². The van der Waals surface area contributed by atoms with Crippen LogP contribution >= 0.6 is 24.0 Å². The van der Waals surface area contributed by atoms with Gasteiger partial charge in [-0.25, -0.2) is 4.99 Å². The zero-order valence-corrected chi connectivity index (χ0v) is 13.8. The first kappa shape index (κ1) is 17.0. The molecule has 0 atom stereocenters. The number of benzene rings is 1. The Morgan fingerprint density at radius 1 is 1.19 bits per heavy atom. The molecule has 112 valence electrons. The number of carbonyl (C=O) groups is 1. The number of rotatable bonds is 4. The van der Waals surface area contributed by atoms with Crippen molar-refractivity contribution in [2.75, 3.05) is 5.32 Å². The van der Waals surface area contributed by atoms with Gasteiger partial charge in [-0.1, -0.05) is 17.7 Å². The van der Waals surface area contributed by atoms with Crippen molar-refractivity contribution >= 4 is 41.5 Å². The first-order valence-corrected chi connectivity index (χ1v) is 6.07. The minimum atomic E-state index is -0.606. The van der Waals surface area contributed by atoms with Crippen LogP contribution < -0.4 is 16.8 Å². The third-order valence-corrected chi connectivity index (χ3v) is 2.63. The summed E-state index contributed by atoms with van der Waals surface area (Å²) in [5.74, 6) is 0.296. The molecule has 6 nitrogen and oxygen atoms in total. The largest absolute Gasteiger partial charge is 0.454 e. The molecule has 0 radical (unpaired) electrons. The molecule has 0 fully saturated rings. The van der Waals surface area contributed by atoms with E-state index in [2.05, 4.69) is 10.3 Å². The smallest absolute Gasteiger partial charge is 0.284 e. The van der Waals surface area contributed by atoms with Crippen molar-refractivity contribution in [1.29, 1.82) is 0 Å². The van der Waals surface area contributed by atoms with Gasteiger partial charge in [-0.05, 0) is 31.2 Å². The molecule has 0 aliphatic carbocycles. The van der Waals surface area contributed by atoms with Gasteiger partial charge in [0.05, 0.1) is 0 Å². The fraction of sp³-hybridized carbons (Fsp3) is 0.143. The number of nitrogens with two attached hydrogens (primary N) is 2. The maximum Gasteiger partial charge on any atom is 0.284 e. The third kappa shape index (κ3) is 5.10. The molecule has 0 aliphatic heterocycles. The summed E-state index contributed by atoms with van der Waals surface area (Å²) < 4.78 is 5.20. The van der Waals surface area contributed by atoms with E-state index in [1.165, 1.54) is 11.6 Å². The van der Waals surface area contributed by atoms with Crippen LogP contribution in [-0.4, -0.2) is 11.9 Å². The number of anilines is 1. The van der Waals surface area contributed by atoms with Crippen LogP contribution in [0.2, 0.25) is 0 Å². The maximum atomic E-state index is 10.9. The molecule has 0 aliphatic rings. The minimum absolute atomic E-state index is 0. The van der Waals surface area contributed by atoms with Crippen LogP contribution in [-0.2, 0) is 6.54 Å². The summed E-state index contributed by atoms with van der Waals surface area (Å²) >= 11 is 0. The number of nitrogens with zero attached hydrogens (tertiary/aromatic N) is 1. The topological polar surface area (TPSA) is 107 Å². The van der Waals surface area contributed by atoms with E-state index >= 15 is 0 Å². The zero-order chi connectivity index (χ0) is 14.5. The molecule has 2 rings (SSSR count). The summed E-state index contributed by atoms with van der Waals surface area (Å²) in [6, 6.07) is 10.9. The van der Waals surface area contributed by atoms with Gasteiger partial charge in [0.15, 0.2) is 11.7 Å². The van der Waals surface area contributed by atoms with Crippen LogP contribution in [0.25, 0.3) is 0 Å². The minimum Gasteiger partial charge on any atom is -0.454 e. The Hall–Kier alpha value is -2.03. The van der Waals surface area contributed by atoms with E-state index < -0.39 is 5.91 Å². The van der Waals surface area contributed by atoms with Gasteiger partial charge in [-0.15, -0.1) is 24.0 Å². The molecule has 0 bridgehead atoms. The quantitative estimate of drug-likeness (QED) is 0.416. The molecule has 7 heteroatoms. The lowest BCUT2D eigenvalue weighted by Gasteiger charge is -2.05. The molecule has 0 unspecified atom stereocenters. The van der Waals surface area contributed by atoms with Gasteiger partial charge in [0, 0.05) is 5.69 Å². The summed E-state index contributed by atoms with van der Waals surface area (Å²) in [7, 11) is 0. The van der Waals surface area contributed by atoms with E-state index in [-0.39, 0.29) is 42.2 Å². The molecule has 21 heavy (non-hydrogen) atoms. The molecule has 1 amide bonds. The van der Waals surface area contributed by atoms with Gasteiger partial charge in [-0.2, -0.15) is 0 Å². The van der Waals surface area contributed by atoms with Gasteiger partial charge >= 0.3 is 0 Å². The Morgan fingerprint density at radius 2 is 1.86 bits per heavy atom. The van der Waals surface area contributed by atoms with Crippen LogP contribution in [0.4, 0.5) is 5.69 Å². The number of hydrogen-bond acceptors (Lipinski definition) is 3. The average molecular weight is 400 g/mol. The molecular weight excluding hydrogens is 383 g/mol. The normalized spacial score (nSPS) is 10.8. The third-order valence-electron chi connectivity index (χ3n) is 2.63. The number of furan rings is 1. The second-order valence-corrected chi connectivity index (χ2v) is 4.32. The lowest BCUT2D eigenvalue weighted by atomic mass is 10.2. The van der Waals surface area contributed by atoms with Gasteiger partial charge < -0.3 is 21.2 Å². The Labute approximate surface area is 139 Å². The van der Waals surface area contributed by atoms with Crippen LogP contribution in [0.1, 0.15) is 21.9 Å². The molecule has 1 aromatic heterocycles. The van der Waals surface area contributed by atoms with Crippen LogP contribution in [0, 0.1) is 6.92 Å². The fourth-order valence-corrected chi connectivity index (χ4v) is 1.58. The number of aliphatic imine (C=N–C) groups is 1. The molecule has 5 N–H and O–H groups in total. The van der Waals surface area contributed by atoms with Crippen LogP contribution in [0.5, 0.6) is 0 Å². The lowest BCUT2D eigenvalue weighted by Crippen LogP contribution is -2.22. The number of guanidine groups is 1. The van der Waals surface area contributed by atoms with E-state index in [1.54, 1.807) is 6.07 Å². The average Bonchev–Trinajstić information content (AvgIpc) is 2.88. The highest BCUT2D eigenvalue weighted by Crippen LogP contribution is 2.10. The molecule has 1 heterocycles. The van der Waals surface area contributed by atoms with Crippen molar-refractivity contribution in [3.63, 3.8) is 0 Å². The Morgan fingerprint density at radius 3 is 2.43 bits per heavy atom. The predicted octanol–water partition coefficient (Wildman–Crippen LogP) is 2.23. The summed E-state index contributed by atoms with van der Waals surface area (Å²) in [5.41, 5.74) is 12.9. The monoisotopic (exact) mass is 400 g/mol. The first-order valence-electron chi connectivity index (χ1n) is 6.07. The maximum absolute atomic E-state index is 10.9. The number of carbonyl (C=O) groups excluding carboxylic acids is 1. The number of amides is 1. The van der Waals surface area contributed by atoms with Crippen molar-refractivity contribution < 1.29 is 9.21 Å². The Bertz CT molecular complexity index is 635. The van der Waals surface area contributed by atoms with E-state index in [1.807, 2.05) is 31.2 Å². The molecule has 0 saturated carbocycles. The van der Waals surface area contributed by atoms with Crippen molar-refractivity contribution in [3.05, 3.63) is 53.5 Å². The number of aryl methyl sites for hydroxylation is 1. The Balaban J connectivity index is 0.00000220. The predicted molar refractivity (Wildman–Crippen MR) is 92.8 cm³/mol. The highest BCUT2D eigenvalue weighted by molar-refractivity contribution is 14.0. The second-order valence-electron chi connectivity index (χ2n) is 4.32.